The third-order valence-corrected chi connectivity index (χ3v) is 6.20. The van der Waals surface area contributed by atoms with Gasteiger partial charge in [0.05, 0.1) is 20.6 Å². The highest BCUT2D eigenvalue weighted by atomic mass is 16.7. The molecular weight excluding hydrogens is 462 g/mol. The van der Waals surface area contributed by atoms with E-state index in [2.05, 4.69) is 0 Å². The maximum atomic E-state index is 12.1. The standard InChI is InChI=1S/C28H27NO7/c1-34-23-12-8-21(9-13-23)28(33,22-10-14-24(35-2)15-11-22)20-6-3-19(4-7-20)5-18-27(32)36-29-25(30)16-17-26(29)31/h3-4,6-15,33H,5,16-18H2,1-2H3. The SMILES string of the molecule is COc1ccc(C(O)(c2ccc(CCC(=O)ON3C(=O)CCC3=O)cc2)c2ccc(OC)cc2)cc1. The van der Waals surface area contributed by atoms with Crippen LogP contribution in [0, 0.1) is 0 Å². The number of methoxy groups -OCH3 is 2. The molecule has 0 aromatic heterocycles. The molecule has 3 aromatic rings. The van der Waals surface area contributed by atoms with E-state index in [4.69, 9.17) is 14.3 Å². The molecule has 3 aromatic carbocycles. The number of hydroxylamine groups is 2. The number of hydrogen-bond donors (Lipinski definition) is 1. The second-order valence-electron chi connectivity index (χ2n) is 8.41. The highest BCUT2D eigenvalue weighted by Gasteiger charge is 2.34. The van der Waals surface area contributed by atoms with Crippen molar-refractivity contribution in [3.8, 4) is 11.5 Å². The molecule has 0 saturated carbocycles. The van der Waals surface area contributed by atoms with E-state index in [9.17, 15) is 19.5 Å². The van der Waals surface area contributed by atoms with Gasteiger partial charge in [-0.15, -0.1) is 5.06 Å². The smallest absolute Gasteiger partial charge is 0.333 e. The summed E-state index contributed by atoms with van der Waals surface area (Å²) in [5.41, 5.74) is 1.33. The summed E-state index contributed by atoms with van der Waals surface area (Å²) in [4.78, 5) is 40.3. The summed E-state index contributed by atoms with van der Waals surface area (Å²) in [5.74, 6) is -0.315. The number of nitrogens with zero attached hydrogens (tertiary/aromatic N) is 1. The normalized spacial score (nSPS) is 13.6. The van der Waals surface area contributed by atoms with Gasteiger partial charge < -0.3 is 19.4 Å². The van der Waals surface area contributed by atoms with Crippen LogP contribution in [0.3, 0.4) is 0 Å². The molecule has 4 rings (SSSR count). The Morgan fingerprint density at radius 3 is 1.61 bits per heavy atom. The topological polar surface area (TPSA) is 102 Å². The Kier molecular flexibility index (Phi) is 7.36. The molecular formula is C28H27NO7. The van der Waals surface area contributed by atoms with Crippen LogP contribution in [0.4, 0.5) is 0 Å². The van der Waals surface area contributed by atoms with Crippen molar-refractivity contribution >= 4 is 17.8 Å². The molecule has 2 amide bonds. The van der Waals surface area contributed by atoms with Gasteiger partial charge in [0.2, 0.25) is 0 Å². The van der Waals surface area contributed by atoms with Crippen molar-refractivity contribution in [1.82, 2.24) is 5.06 Å². The first-order valence-electron chi connectivity index (χ1n) is 11.5. The molecule has 0 unspecified atom stereocenters. The predicted octanol–water partition coefficient (Wildman–Crippen LogP) is 3.53. The van der Waals surface area contributed by atoms with Crippen LogP contribution in [-0.4, -0.2) is 42.2 Å². The molecule has 1 aliphatic heterocycles. The summed E-state index contributed by atoms with van der Waals surface area (Å²) >= 11 is 0. The van der Waals surface area contributed by atoms with E-state index >= 15 is 0 Å². The Morgan fingerprint density at radius 2 is 1.19 bits per heavy atom. The van der Waals surface area contributed by atoms with Crippen molar-refractivity contribution in [3.05, 3.63) is 95.1 Å². The second kappa shape index (κ2) is 10.6. The lowest BCUT2D eigenvalue weighted by Gasteiger charge is -2.30. The fourth-order valence-corrected chi connectivity index (χ4v) is 4.13. The number of aliphatic hydroxyl groups is 1. The summed E-state index contributed by atoms with van der Waals surface area (Å²) in [6.45, 7) is 0. The molecule has 0 radical (unpaired) electrons. The average Bonchev–Trinajstić information content (AvgIpc) is 3.24. The van der Waals surface area contributed by atoms with Gasteiger partial charge in [0.15, 0.2) is 0 Å². The molecule has 1 N–H and O–H groups in total. The minimum Gasteiger partial charge on any atom is -0.497 e. The van der Waals surface area contributed by atoms with E-state index < -0.39 is 23.4 Å². The molecule has 36 heavy (non-hydrogen) atoms. The Morgan fingerprint density at radius 1 is 0.778 bits per heavy atom. The number of imide groups is 1. The number of rotatable bonds is 9. The van der Waals surface area contributed by atoms with Crippen molar-refractivity contribution < 1.29 is 33.8 Å². The van der Waals surface area contributed by atoms with Gasteiger partial charge in [-0.25, -0.2) is 4.79 Å². The van der Waals surface area contributed by atoms with Crippen LogP contribution in [0.5, 0.6) is 11.5 Å². The van der Waals surface area contributed by atoms with Gasteiger partial charge in [0.1, 0.15) is 17.1 Å². The lowest BCUT2D eigenvalue weighted by atomic mass is 9.80. The van der Waals surface area contributed by atoms with Crippen molar-refractivity contribution in [3.63, 3.8) is 0 Å². The van der Waals surface area contributed by atoms with Gasteiger partial charge >= 0.3 is 5.97 Å². The molecule has 186 valence electrons. The number of benzene rings is 3. The van der Waals surface area contributed by atoms with Crippen LogP contribution in [0.1, 0.15) is 41.5 Å². The Balaban J connectivity index is 1.54. The molecule has 0 aliphatic carbocycles. The largest absolute Gasteiger partial charge is 0.497 e. The Bertz CT molecular complexity index is 1170. The van der Waals surface area contributed by atoms with Gasteiger partial charge in [-0.2, -0.15) is 0 Å². The highest BCUT2D eigenvalue weighted by molar-refractivity contribution is 6.01. The van der Waals surface area contributed by atoms with Gasteiger partial charge in [-0.05, 0) is 52.9 Å². The van der Waals surface area contributed by atoms with Crippen LogP contribution in [0.25, 0.3) is 0 Å². The van der Waals surface area contributed by atoms with Gasteiger partial charge in [-0.1, -0.05) is 48.5 Å². The van der Waals surface area contributed by atoms with E-state index in [-0.39, 0.29) is 19.3 Å². The molecule has 1 saturated heterocycles. The number of aryl methyl sites for hydroxylation is 1. The van der Waals surface area contributed by atoms with E-state index in [0.29, 0.717) is 39.7 Å². The molecule has 1 heterocycles. The maximum Gasteiger partial charge on any atom is 0.333 e. The van der Waals surface area contributed by atoms with Crippen LogP contribution in [-0.2, 0) is 31.2 Å². The summed E-state index contributed by atoms with van der Waals surface area (Å²) in [6, 6.07) is 21.7. The molecule has 1 aliphatic rings. The van der Waals surface area contributed by atoms with Crippen molar-refractivity contribution in [2.75, 3.05) is 14.2 Å². The molecule has 1 fully saturated rings. The third kappa shape index (κ3) is 5.08. The zero-order chi connectivity index (χ0) is 25.7. The van der Waals surface area contributed by atoms with Gasteiger partial charge in [-0.3, -0.25) is 9.59 Å². The highest BCUT2D eigenvalue weighted by Crippen LogP contribution is 2.38. The Hall–Kier alpha value is -4.17. The fourth-order valence-electron chi connectivity index (χ4n) is 4.13. The fraction of sp³-hybridized carbons (Fsp3) is 0.250. The first-order chi connectivity index (χ1) is 17.3. The zero-order valence-electron chi connectivity index (χ0n) is 20.1. The van der Waals surface area contributed by atoms with E-state index in [1.54, 1.807) is 38.5 Å². The molecule has 0 atom stereocenters. The lowest BCUT2D eigenvalue weighted by Crippen LogP contribution is -2.32. The summed E-state index contributed by atoms with van der Waals surface area (Å²) < 4.78 is 10.5. The predicted molar refractivity (Wildman–Crippen MR) is 130 cm³/mol. The first kappa shape index (κ1) is 24.9. The van der Waals surface area contributed by atoms with Gasteiger partial charge in [0.25, 0.3) is 11.8 Å². The van der Waals surface area contributed by atoms with Crippen molar-refractivity contribution in [2.45, 2.75) is 31.3 Å². The summed E-state index contributed by atoms with van der Waals surface area (Å²) in [6.07, 6.45) is 0.453. The van der Waals surface area contributed by atoms with Gasteiger partial charge in [0, 0.05) is 12.8 Å². The zero-order valence-corrected chi connectivity index (χ0v) is 20.1. The second-order valence-corrected chi connectivity index (χ2v) is 8.41. The molecule has 0 bridgehead atoms. The number of carbonyl (C=O) groups is 3. The average molecular weight is 490 g/mol. The first-order valence-corrected chi connectivity index (χ1v) is 11.5. The summed E-state index contributed by atoms with van der Waals surface area (Å²) in [7, 11) is 3.17. The monoisotopic (exact) mass is 489 g/mol. The third-order valence-electron chi connectivity index (χ3n) is 6.20. The van der Waals surface area contributed by atoms with Crippen molar-refractivity contribution in [1.29, 1.82) is 0 Å². The number of carbonyl (C=O) groups excluding carboxylic acids is 3. The number of amides is 2. The van der Waals surface area contributed by atoms with E-state index in [1.165, 1.54) is 0 Å². The van der Waals surface area contributed by atoms with Crippen LogP contribution in [0.2, 0.25) is 0 Å². The van der Waals surface area contributed by atoms with E-state index in [0.717, 1.165) is 5.56 Å². The Labute approximate surface area is 209 Å². The minimum absolute atomic E-state index is 0.00235. The van der Waals surface area contributed by atoms with Crippen LogP contribution in [0.15, 0.2) is 72.8 Å². The molecule has 8 heteroatoms. The number of ether oxygens (including phenoxy) is 2. The van der Waals surface area contributed by atoms with E-state index in [1.807, 2.05) is 48.5 Å². The quantitative estimate of drug-likeness (QED) is 0.362. The van der Waals surface area contributed by atoms with Crippen molar-refractivity contribution in [2.24, 2.45) is 0 Å². The molecule has 8 nitrogen and oxygen atoms in total. The minimum atomic E-state index is -1.45. The van der Waals surface area contributed by atoms with Crippen LogP contribution < -0.4 is 9.47 Å². The number of hydrogen-bond acceptors (Lipinski definition) is 7. The summed E-state index contributed by atoms with van der Waals surface area (Å²) in [5, 5.41) is 12.6. The maximum absolute atomic E-state index is 12.1. The lowest BCUT2D eigenvalue weighted by molar-refractivity contribution is -0.197. The van der Waals surface area contributed by atoms with Crippen LogP contribution >= 0.6 is 0 Å². The molecule has 0 spiro atoms.